The van der Waals surface area contributed by atoms with Gasteiger partial charge in [0, 0.05) is 6.20 Å². The largest absolute Gasteiger partial charge is 0.480 e. The van der Waals surface area contributed by atoms with Gasteiger partial charge in [0.05, 0.1) is 3.57 Å². The zero-order valence-corrected chi connectivity index (χ0v) is 9.15. The van der Waals surface area contributed by atoms with Crippen molar-refractivity contribution >= 4 is 34.4 Å². The maximum absolute atomic E-state index is 10.5. The molecule has 0 amide bonds. The molecule has 1 atom stereocenters. The van der Waals surface area contributed by atoms with Crippen LogP contribution in [0, 0.1) is 3.57 Å². The molecular formula is C8H9IN2O2. The number of carbonyl (C=O) groups is 1. The van der Waals surface area contributed by atoms with Crippen molar-refractivity contribution in [2.45, 2.75) is 13.0 Å². The predicted octanol–water partition coefficient (Wildman–Crippen LogP) is 1.57. The van der Waals surface area contributed by atoms with Crippen LogP contribution in [0.1, 0.15) is 6.92 Å². The number of rotatable bonds is 3. The zero-order chi connectivity index (χ0) is 9.84. The van der Waals surface area contributed by atoms with E-state index in [1.165, 1.54) is 0 Å². The molecule has 0 saturated heterocycles. The van der Waals surface area contributed by atoms with E-state index in [-0.39, 0.29) is 0 Å². The SMILES string of the molecule is C[C@@H](Nc1ncccc1I)C(=O)O. The molecular weight excluding hydrogens is 283 g/mol. The highest BCUT2D eigenvalue weighted by molar-refractivity contribution is 14.1. The molecule has 0 fully saturated rings. The highest BCUT2D eigenvalue weighted by Crippen LogP contribution is 2.14. The van der Waals surface area contributed by atoms with Gasteiger partial charge in [-0.25, -0.2) is 4.98 Å². The van der Waals surface area contributed by atoms with E-state index >= 15 is 0 Å². The Balaban J connectivity index is 2.74. The van der Waals surface area contributed by atoms with Crippen molar-refractivity contribution in [3.8, 4) is 0 Å². The number of carboxylic acids is 1. The minimum Gasteiger partial charge on any atom is -0.480 e. The van der Waals surface area contributed by atoms with E-state index < -0.39 is 12.0 Å². The van der Waals surface area contributed by atoms with E-state index in [0.29, 0.717) is 5.82 Å². The molecule has 0 radical (unpaired) electrons. The van der Waals surface area contributed by atoms with Gasteiger partial charge < -0.3 is 10.4 Å². The lowest BCUT2D eigenvalue weighted by molar-refractivity contribution is -0.137. The Morgan fingerprint density at radius 1 is 1.77 bits per heavy atom. The minimum absolute atomic E-state index is 0.609. The Labute approximate surface area is 89.5 Å². The van der Waals surface area contributed by atoms with Crippen molar-refractivity contribution in [1.29, 1.82) is 0 Å². The number of aromatic nitrogens is 1. The molecule has 5 heteroatoms. The van der Waals surface area contributed by atoms with Crippen LogP contribution >= 0.6 is 22.6 Å². The van der Waals surface area contributed by atoms with Gasteiger partial charge in [0.15, 0.2) is 0 Å². The van der Waals surface area contributed by atoms with E-state index in [0.717, 1.165) is 3.57 Å². The summed E-state index contributed by atoms with van der Waals surface area (Å²) in [7, 11) is 0. The summed E-state index contributed by atoms with van der Waals surface area (Å²) >= 11 is 2.10. The lowest BCUT2D eigenvalue weighted by Gasteiger charge is -2.10. The molecule has 1 aromatic rings. The quantitative estimate of drug-likeness (QED) is 0.830. The van der Waals surface area contributed by atoms with Gasteiger partial charge in [-0.2, -0.15) is 0 Å². The van der Waals surface area contributed by atoms with Crippen LogP contribution in [0.15, 0.2) is 18.3 Å². The van der Waals surface area contributed by atoms with Crippen molar-refractivity contribution in [2.24, 2.45) is 0 Å². The van der Waals surface area contributed by atoms with Crippen LogP contribution in [-0.2, 0) is 4.79 Å². The first kappa shape index (κ1) is 10.2. The highest BCUT2D eigenvalue weighted by Gasteiger charge is 2.11. The summed E-state index contributed by atoms with van der Waals surface area (Å²) in [5.74, 6) is -0.278. The summed E-state index contributed by atoms with van der Waals surface area (Å²) in [5, 5.41) is 11.4. The number of halogens is 1. The molecule has 1 aromatic heterocycles. The second-order valence-electron chi connectivity index (χ2n) is 2.54. The smallest absolute Gasteiger partial charge is 0.325 e. The van der Waals surface area contributed by atoms with Crippen molar-refractivity contribution < 1.29 is 9.90 Å². The molecule has 0 saturated carbocycles. The van der Waals surface area contributed by atoms with Gasteiger partial charge in [-0.1, -0.05) is 0 Å². The van der Waals surface area contributed by atoms with E-state index in [1.54, 1.807) is 19.2 Å². The summed E-state index contributed by atoms with van der Waals surface area (Å²) in [4.78, 5) is 14.5. The Kier molecular flexibility index (Phi) is 3.47. The molecule has 70 valence electrons. The fourth-order valence-electron chi connectivity index (χ4n) is 0.759. The van der Waals surface area contributed by atoms with E-state index in [9.17, 15) is 4.79 Å². The second kappa shape index (κ2) is 4.40. The van der Waals surface area contributed by atoms with Crippen molar-refractivity contribution in [1.82, 2.24) is 4.98 Å². The molecule has 0 aliphatic heterocycles. The Morgan fingerprint density at radius 2 is 2.46 bits per heavy atom. The van der Waals surface area contributed by atoms with E-state index in [2.05, 4.69) is 32.9 Å². The lowest BCUT2D eigenvalue weighted by atomic mass is 10.3. The second-order valence-corrected chi connectivity index (χ2v) is 3.70. The monoisotopic (exact) mass is 292 g/mol. The average Bonchev–Trinajstić information content (AvgIpc) is 2.08. The number of anilines is 1. The third-order valence-corrected chi connectivity index (χ3v) is 2.35. The van der Waals surface area contributed by atoms with Crippen LogP contribution in [0.3, 0.4) is 0 Å². The highest BCUT2D eigenvalue weighted by atomic mass is 127. The fraction of sp³-hybridized carbons (Fsp3) is 0.250. The standard InChI is InChI=1S/C8H9IN2O2/c1-5(8(12)13)11-7-6(9)3-2-4-10-7/h2-5H,1H3,(H,10,11)(H,12,13)/t5-/m1/s1. The third kappa shape index (κ3) is 2.83. The predicted molar refractivity (Wildman–Crippen MR) is 57.7 cm³/mol. The molecule has 0 bridgehead atoms. The van der Waals surface area contributed by atoms with Gasteiger partial charge in [0.25, 0.3) is 0 Å². The lowest BCUT2D eigenvalue weighted by Crippen LogP contribution is -2.26. The topological polar surface area (TPSA) is 62.2 Å². The van der Waals surface area contributed by atoms with E-state index in [4.69, 9.17) is 5.11 Å². The van der Waals surface area contributed by atoms with Gasteiger partial charge in [-0.15, -0.1) is 0 Å². The normalized spacial score (nSPS) is 12.2. The molecule has 0 unspecified atom stereocenters. The van der Waals surface area contributed by atoms with Crippen LogP contribution in [0.5, 0.6) is 0 Å². The summed E-state index contributed by atoms with van der Waals surface area (Å²) in [6, 6.07) is 3.05. The van der Waals surface area contributed by atoms with Gasteiger partial charge in [-0.05, 0) is 41.6 Å². The third-order valence-electron chi connectivity index (χ3n) is 1.48. The van der Waals surface area contributed by atoms with Crippen LogP contribution in [0.2, 0.25) is 0 Å². The molecule has 1 rings (SSSR count). The number of pyridine rings is 1. The first-order valence-electron chi connectivity index (χ1n) is 3.71. The minimum atomic E-state index is -0.888. The summed E-state index contributed by atoms with van der Waals surface area (Å²) in [5.41, 5.74) is 0. The van der Waals surface area contributed by atoms with Crippen LogP contribution in [-0.4, -0.2) is 22.1 Å². The maximum Gasteiger partial charge on any atom is 0.325 e. The maximum atomic E-state index is 10.5. The summed E-state index contributed by atoms with van der Waals surface area (Å²) < 4.78 is 0.910. The molecule has 13 heavy (non-hydrogen) atoms. The number of nitrogens with zero attached hydrogens (tertiary/aromatic N) is 1. The summed E-state index contributed by atoms with van der Waals surface area (Å²) in [6.45, 7) is 1.58. The van der Waals surface area contributed by atoms with E-state index in [1.807, 2.05) is 6.07 Å². The van der Waals surface area contributed by atoms with Gasteiger partial charge >= 0.3 is 5.97 Å². The Morgan fingerprint density at radius 3 is 3.00 bits per heavy atom. The molecule has 0 aliphatic rings. The first-order valence-corrected chi connectivity index (χ1v) is 4.79. The number of hydrogen-bond donors (Lipinski definition) is 2. The van der Waals surface area contributed by atoms with Gasteiger partial charge in [0.1, 0.15) is 11.9 Å². The summed E-state index contributed by atoms with van der Waals surface area (Å²) in [6.07, 6.45) is 1.62. The van der Waals surface area contributed by atoms with Crippen LogP contribution in [0.4, 0.5) is 5.82 Å². The number of carboxylic acid groups (broad SMARTS) is 1. The molecule has 0 aliphatic carbocycles. The van der Waals surface area contributed by atoms with Gasteiger partial charge in [0.2, 0.25) is 0 Å². The van der Waals surface area contributed by atoms with Gasteiger partial charge in [-0.3, -0.25) is 4.79 Å². The molecule has 1 heterocycles. The Hall–Kier alpha value is -0.850. The van der Waals surface area contributed by atoms with Crippen molar-refractivity contribution in [3.05, 3.63) is 21.9 Å². The first-order chi connectivity index (χ1) is 6.11. The Bertz CT molecular complexity index is 317. The van der Waals surface area contributed by atoms with Crippen LogP contribution in [0.25, 0.3) is 0 Å². The molecule has 0 aromatic carbocycles. The molecule has 4 nitrogen and oxygen atoms in total. The number of hydrogen-bond acceptors (Lipinski definition) is 3. The molecule has 0 spiro atoms. The van der Waals surface area contributed by atoms with Crippen LogP contribution < -0.4 is 5.32 Å². The molecule has 2 N–H and O–H groups in total. The average molecular weight is 292 g/mol. The van der Waals surface area contributed by atoms with Crippen molar-refractivity contribution in [2.75, 3.05) is 5.32 Å². The number of aliphatic carboxylic acids is 1. The van der Waals surface area contributed by atoms with Crippen molar-refractivity contribution in [3.63, 3.8) is 0 Å². The zero-order valence-electron chi connectivity index (χ0n) is 6.99. The number of nitrogens with one attached hydrogen (secondary N) is 1. The fourth-order valence-corrected chi connectivity index (χ4v) is 1.26.